The molecule has 3 N–H and O–H groups in total. The van der Waals surface area contributed by atoms with E-state index in [0.29, 0.717) is 6.54 Å². The van der Waals surface area contributed by atoms with Crippen LogP contribution in [0.3, 0.4) is 0 Å². The highest BCUT2D eigenvalue weighted by molar-refractivity contribution is 5.05. The summed E-state index contributed by atoms with van der Waals surface area (Å²) in [6.45, 7) is 5.88. The second-order valence-corrected chi connectivity index (χ2v) is 3.90. The number of nitrogens with two attached hydrogens (primary N) is 1. The molecule has 0 radical (unpaired) electrons. The molecule has 1 atom stereocenters. The van der Waals surface area contributed by atoms with E-state index in [-0.39, 0.29) is 0 Å². The van der Waals surface area contributed by atoms with Gasteiger partial charge in [-0.1, -0.05) is 5.21 Å². The minimum absolute atomic E-state index is 0.421. The highest BCUT2D eigenvalue weighted by atomic mass is 16.3. The van der Waals surface area contributed by atoms with Gasteiger partial charge >= 0.3 is 0 Å². The van der Waals surface area contributed by atoms with E-state index in [1.54, 1.807) is 17.8 Å². The number of aromatic nitrogens is 3. The van der Waals surface area contributed by atoms with Crippen molar-refractivity contribution in [2.75, 3.05) is 0 Å². The van der Waals surface area contributed by atoms with Crippen LogP contribution >= 0.6 is 0 Å². The Hall–Kier alpha value is -0.940. The molecule has 0 aliphatic rings. The molecule has 0 amide bonds. The van der Waals surface area contributed by atoms with Crippen LogP contribution in [0.25, 0.3) is 0 Å². The second-order valence-electron chi connectivity index (χ2n) is 3.90. The molecule has 0 saturated heterocycles. The van der Waals surface area contributed by atoms with Gasteiger partial charge in [-0.2, -0.15) is 0 Å². The Bertz CT molecular complexity index is 274. The molecule has 1 rings (SSSR count). The van der Waals surface area contributed by atoms with E-state index in [9.17, 15) is 0 Å². The zero-order chi connectivity index (χ0) is 10.1. The summed E-state index contributed by atoms with van der Waals surface area (Å²) in [6.07, 6.45) is 1.34. The van der Waals surface area contributed by atoms with E-state index < -0.39 is 11.6 Å². The average Bonchev–Trinajstić information content (AvgIpc) is 2.32. The molecule has 0 spiro atoms. The highest BCUT2D eigenvalue weighted by Crippen LogP contribution is 2.12. The van der Waals surface area contributed by atoms with E-state index in [2.05, 4.69) is 10.3 Å². The maximum absolute atomic E-state index is 9.10. The fraction of sp³-hybridized carbons (Fsp3) is 0.750. The first-order chi connectivity index (χ1) is 5.89. The quantitative estimate of drug-likeness (QED) is 0.685. The maximum Gasteiger partial charge on any atom is 0.102 e. The standard InChI is InChI=1S/C8H16N4O/c1-6(13)4-12-5-7(10-11-12)8(2,3)9/h5-6,13H,4,9H2,1-3H3. The van der Waals surface area contributed by atoms with Crippen molar-refractivity contribution in [3.05, 3.63) is 11.9 Å². The number of aliphatic hydroxyl groups is 1. The van der Waals surface area contributed by atoms with Crippen molar-refractivity contribution in [2.24, 2.45) is 5.73 Å². The first-order valence-corrected chi connectivity index (χ1v) is 4.27. The van der Waals surface area contributed by atoms with Gasteiger partial charge in [0.2, 0.25) is 0 Å². The fourth-order valence-electron chi connectivity index (χ4n) is 0.954. The number of nitrogens with zero attached hydrogens (tertiary/aromatic N) is 3. The number of aliphatic hydroxyl groups excluding tert-OH is 1. The van der Waals surface area contributed by atoms with Crippen molar-refractivity contribution in [2.45, 2.75) is 39.0 Å². The summed E-state index contributed by atoms with van der Waals surface area (Å²) in [5.74, 6) is 0. The van der Waals surface area contributed by atoms with Crippen LogP contribution in [-0.2, 0) is 12.1 Å². The van der Waals surface area contributed by atoms with E-state index in [1.807, 2.05) is 13.8 Å². The molecule has 5 heteroatoms. The first kappa shape index (κ1) is 10.1. The molecule has 1 heterocycles. The summed E-state index contributed by atoms with van der Waals surface area (Å²) in [7, 11) is 0. The zero-order valence-corrected chi connectivity index (χ0v) is 8.23. The highest BCUT2D eigenvalue weighted by Gasteiger charge is 2.18. The third kappa shape index (κ3) is 2.78. The van der Waals surface area contributed by atoms with Gasteiger partial charge in [0, 0.05) is 0 Å². The molecule has 13 heavy (non-hydrogen) atoms. The summed E-state index contributed by atoms with van der Waals surface area (Å²) < 4.78 is 1.59. The van der Waals surface area contributed by atoms with E-state index in [4.69, 9.17) is 10.8 Å². The van der Waals surface area contributed by atoms with E-state index >= 15 is 0 Å². The Morgan fingerprint density at radius 2 is 2.31 bits per heavy atom. The Labute approximate surface area is 77.6 Å². The summed E-state index contributed by atoms with van der Waals surface area (Å²) in [6, 6.07) is 0. The van der Waals surface area contributed by atoms with Crippen molar-refractivity contribution in [1.29, 1.82) is 0 Å². The molecule has 1 aromatic heterocycles. The molecule has 0 saturated carbocycles. The minimum atomic E-state index is -0.475. The molecular weight excluding hydrogens is 168 g/mol. The van der Waals surface area contributed by atoms with Gasteiger partial charge < -0.3 is 10.8 Å². The van der Waals surface area contributed by atoms with Crippen LogP contribution in [0.15, 0.2) is 6.20 Å². The van der Waals surface area contributed by atoms with Crippen LogP contribution in [0.5, 0.6) is 0 Å². The Morgan fingerprint density at radius 1 is 1.69 bits per heavy atom. The summed E-state index contributed by atoms with van der Waals surface area (Å²) in [4.78, 5) is 0. The molecule has 74 valence electrons. The van der Waals surface area contributed by atoms with Crippen molar-refractivity contribution < 1.29 is 5.11 Å². The Morgan fingerprint density at radius 3 is 2.69 bits per heavy atom. The van der Waals surface area contributed by atoms with Crippen LogP contribution in [0.4, 0.5) is 0 Å². The lowest BCUT2D eigenvalue weighted by atomic mass is 10.0. The van der Waals surface area contributed by atoms with Gasteiger partial charge in [-0.15, -0.1) is 5.10 Å². The molecule has 0 fully saturated rings. The third-order valence-corrected chi connectivity index (χ3v) is 1.65. The molecule has 0 aliphatic heterocycles. The maximum atomic E-state index is 9.10. The summed E-state index contributed by atoms with van der Waals surface area (Å²) >= 11 is 0. The predicted octanol–water partition coefficient (Wildman–Crippen LogP) is -0.147. The molecule has 1 unspecified atom stereocenters. The molecular formula is C8H16N4O. The minimum Gasteiger partial charge on any atom is -0.391 e. The molecule has 1 aromatic rings. The molecule has 0 aliphatic carbocycles. The van der Waals surface area contributed by atoms with E-state index in [0.717, 1.165) is 5.69 Å². The monoisotopic (exact) mass is 184 g/mol. The fourth-order valence-corrected chi connectivity index (χ4v) is 0.954. The smallest absolute Gasteiger partial charge is 0.102 e. The normalized spacial score (nSPS) is 14.5. The average molecular weight is 184 g/mol. The van der Waals surface area contributed by atoms with Crippen molar-refractivity contribution >= 4 is 0 Å². The largest absolute Gasteiger partial charge is 0.391 e. The Balaban J connectivity index is 2.75. The van der Waals surface area contributed by atoms with Crippen LogP contribution in [0.2, 0.25) is 0 Å². The van der Waals surface area contributed by atoms with Crippen LogP contribution < -0.4 is 5.73 Å². The summed E-state index contributed by atoms with van der Waals surface area (Å²) in [5, 5.41) is 16.9. The number of rotatable bonds is 3. The molecule has 0 aromatic carbocycles. The predicted molar refractivity (Wildman–Crippen MR) is 48.9 cm³/mol. The van der Waals surface area contributed by atoms with Crippen LogP contribution in [0, 0.1) is 0 Å². The van der Waals surface area contributed by atoms with Gasteiger partial charge in [0.1, 0.15) is 5.69 Å². The van der Waals surface area contributed by atoms with Crippen LogP contribution in [-0.4, -0.2) is 26.2 Å². The Kier molecular flexibility index (Phi) is 2.68. The van der Waals surface area contributed by atoms with Gasteiger partial charge in [0.05, 0.1) is 24.4 Å². The lowest BCUT2D eigenvalue weighted by Crippen LogP contribution is -2.29. The SMILES string of the molecule is CC(O)Cn1cc(C(C)(C)N)nn1. The zero-order valence-electron chi connectivity index (χ0n) is 8.23. The van der Waals surface area contributed by atoms with E-state index in [1.165, 1.54) is 0 Å². The molecule has 0 bridgehead atoms. The second kappa shape index (κ2) is 3.43. The van der Waals surface area contributed by atoms with Crippen molar-refractivity contribution in [3.8, 4) is 0 Å². The lowest BCUT2D eigenvalue weighted by Gasteiger charge is -2.13. The van der Waals surface area contributed by atoms with Gasteiger partial charge in [-0.05, 0) is 20.8 Å². The topological polar surface area (TPSA) is 77.0 Å². The lowest BCUT2D eigenvalue weighted by molar-refractivity contribution is 0.167. The number of hydrogen-bond donors (Lipinski definition) is 2. The van der Waals surface area contributed by atoms with Gasteiger partial charge in [-0.3, -0.25) is 0 Å². The number of hydrogen-bond acceptors (Lipinski definition) is 4. The first-order valence-electron chi connectivity index (χ1n) is 4.27. The third-order valence-electron chi connectivity index (χ3n) is 1.65. The van der Waals surface area contributed by atoms with Gasteiger partial charge in [-0.25, -0.2) is 4.68 Å². The van der Waals surface area contributed by atoms with Crippen LogP contribution in [0.1, 0.15) is 26.5 Å². The summed E-state index contributed by atoms with van der Waals surface area (Å²) in [5.41, 5.74) is 6.08. The van der Waals surface area contributed by atoms with Gasteiger partial charge in [0.15, 0.2) is 0 Å². The van der Waals surface area contributed by atoms with Crippen molar-refractivity contribution in [3.63, 3.8) is 0 Å². The van der Waals surface area contributed by atoms with Gasteiger partial charge in [0.25, 0.3) is 0 Å². The van der Waals surface area contributed by atoms with Crippen molar-refractivity contribution in [1.82, 2.24) is 15.0 Å². The molecule has 5 nitrogen and oxygen atoms in total.